The van der Waals surface area contributed by atoms with Crippen LogP contribution in [0.4, 0.5) is 0 Å². The molecule has 0 aromatic heterocycles. The number of benzene rings is 1. The number of allylic oxidation sites excluding steroid dienone is 2. The van der Waals surface area contributed by atoms with Gasteiger partial charge in [0.05, 0.1) is 25.3 Å². The number of esters is 1. The van der Waals surface area contributed by atoms with Crippen LogP contribution in [0.15, 0.2) is 18.2 Å². The van der Waals surface area contributed by atoms with Crippen molar-refractivity contribution in [2.45, 2.75) is 52.6 Å². The summed E-state index contributed by atoms with van der Waals surface area (Å²) in [6, 6.07) is 1.65. The first-order chi connectivity index (χ1) is 13.3. The molecule has 0 saturated carbocycles. The van der Waals surface area contributed by atoms with Gasteiger partial charge in [-0.2, -0.15) is 0 Å². The molecule has 0 N–H and O–H groups in total. The number of hydrogen-bond acceptors (Lipinski definition) is 6. The molecule has 1 aliphatic carbocycles. The van der Waals surface area contributed by atoms with Gasteiger partial charge in [-0.1, -0.05) is 20.8 Å². The van der Waals surface area contributed by atoms with E-state index >= 15 is 0 Å². The summed E-state index contributed by atoms with van der Waals surface area (Å²) in [7, 11) is 2.88. The second kappa shape index (κ2) is 9.53. The number of carbonyl (C=O) groups is 3. The molecule has 0 bridgehead atoms. The van der Waals surface area contributed by atoms with Gasteiger partial charge in [0.1, 0.15) is 17.6 Å². The molecule has 0 amide bonds. The largest absolute Gasteiger partial charge is 0.496 e. The number of methoxy groups -OCH3 is 2. The second-order valence-electron chi connectivity index (χ2n) is 7.21. The van der Waals surface area contributed by atoms with E-state index in [-0.39, 0.29) is 40.2 Å². The van der Waals surface area contributed by atoms with Crippen LogP contribution < -0.4 is 9.47 Å². The van der Waals surface area contributed by atoms with Crippen molar-refractivity contribution in [1.29, 1.82) is 0 Å². The predicted molar refractivity (Wildman–Crippen MR) is 105 cm³/mol. The molecular weight excluding hydrogens is 360 g/mol. The number of ketones is 2. The van der Waals surface area contributed by atoms with Crippen molar-refractivity contribution in [2.75, 3.05) is 14.2 Å². The molecule has 28 heavy (non-hydrogen) atoms. The average molecular weight is 388 g/mol. The molecule has 1 aromatic carbocycles. The third-order valence-corrected chi connectivity index (χ3v) is 4.66. The highest BCUT2D eigenvalue weighted by Crippen LogP contribution is 2.42. The zero-order valence-corrected chi connectivity index (χ0v) is 17.2. The van der Waals surface area contributed by atoms with Crippen molar-refractivity contribution in [3.8, 4) is 11.5 Å². The minimum atomic E-state index is -0.593. The lowest BCUT2D eigenvalue weighted by Gasteiger charge is -2.25. The fraction of sp³-hybridized carbons (Fsp3) is 0.500. The lowest BCUT2D eigenvalue weighted by Crippen LogP contribution is -2.19. The molecule has 0 heterocycles. The number of fused-ring (bicyclic) bond motifs is 1. The standard InChI is InChI=1S/C22H28O6/c1-6-7-19(25)28-17(11-8-13(2)3)14-12-18(26-4)20-15(23)9-10-16(24)21(20)22(14)27-5/h9-10,12-13,17H,6-8,11H2,1-5H3. The monoisotopic (exact) mass is 388 g/mol. The third-order valence-electron chi connectivity index (χ3n) is 4.66. The molecule has 2 rings (SSSR count). The number of ether oxygens (including phenoxy) is 3. The summed E-state index contributed by atoms with van der Waals surface area (Å²) in [5.41, 5.74) is 0.878. The molecule has 1 unspecified atom stereocenters. The number of rotatable bonds is 9. The van der Waals surface area contributed by atoms with Crippen LogP contribution >= 0.6 is 0 Å². The van der Waals surface area contributed by atoms with E-state index in [1.165, 1.54) is 26.4 Å². The van der Waals surface area contributed by atoms with Gasteiger partial charge < -0.3 is 14.2 Å². The van der Waals surface area contributed by atoms with Crippen molar-refractivity contribution < 1.29 is 28.6 Å². The summed E-state index contributed by atoms with van der Waals surface area (Å²) in [6.07, 6.45) is 4.24. The van der Waals surface area contributed by atoms with Gasteiger partial charge in [-0.25, -0.2) is 0 Å². The molecular formula is C22H28O6. The van der Waals surface area contributed by atoms with Gasteiger partial charge in [0, 0.05) is 12.0 Å². The molecule has 6 heteroatoms. The first-order valence-electron chi connectivity index (χ1n) is 9.59. The zero-order chi connectivity index (χ0) is 20.8. The number of carbonyl (C=O) groups excluding carboxylic acids is 3. The first kappa shape index (κ1) is 21.7. The summed E-state index contributed by atoms with van der Waals surface area (Å²) in [5, 5.41) is 0. The fourth-order valence-electron chi connectivity index (χ4n) is 3.26. The van der Waals surface area contributed by atoms with Crippen LogP contribution in [0.25, 0.3) is 0 Å². The highest BCUT2D eigenvalue weighted by atomic mass is 16.5. The smallest absolute Gasteiger partial charge is 0.306 e. The van der Waals surface area contributed by atoms with Gasteiger partial charge in [-0.05, 0) is 43.4 Å². The van der Waals surface area contributed by atoms with Crippen LogP contribution in [0.3, 0.4) is 0 Å². The van der Waals surface area contributed by atoms with Gasteiger partial charge in [-0.3, -0.25) is 14.4 Å². The van der Waals surface area contributed by atoms with Crippen LogP contribution in [-0.4, -0.2) is 31.8 Å². The maximum Gasteiger partial charge on any atom is 0.306 e. The Morgan fingerprint density at radius 3 is 2.18 bits per heavy atom. The summed E-state index contributed by atoms with van der Waals surface area (Å²) in [5.74, 6) is -0.0282. The highest BCUT2D eigenvalue weighted by molar-refractivity contribution is 6.24. The van der Waals surface area contributed by atoms with Crippen molar-refractivity contribution in [1.82, 2.24) is 0 Å². The lowest BCUT2D eigenvalue weighted by atomic mass is 9.88. The van der Waals surface area contributed by atoms with E-state index < -0.39 is 6.10 Å². The summed E-state index contributed by atoms with van der Waals surface area (Å²) < 4.78 is 16.7. The quantitative estimate of drug-likeness (QED) is 0.581. The second-order valence-corrected chi connectivity index (χ2v) is 7.21. The SMILES string of the molecule is CCCC(=O)OC(CCC(C)C)c1cc(OC)c2c(c1OC)C(=O)C=CC2=O. The first-order valence-corrected chi connectivity index (χ1v) is 9.59. The molecule has 0 spiro atoms. The molecule has 0 saturated heterocycles. The Morgan fingerprint density at radius 1 is 1.00 bits per heavy atom. The maximum absolute atomic E-state index is 12.6. The predicted octanol–water partition coefficient (Wildman–Crippen LogP) is 4.46. The Labute approximate surface area is 165 Å². The van der Waals surface area contributed by atoms with Crippen molar-refractivity contribution in [2.24, 2.45) is 5.92 Å². The molecule has 0 fully saturated rings. The van der Waals surface area contributed by atoms with Crippen molar-refractivity contribution in [3.05, 3.63) is 34.9 Å². The maximum atomic E-state index is 12.6. The minimum Gasteiger partial charge on any atom is -0.496 e. The molecule has 6 nitrogen and oxygen atoms in total. The van der Waals surface area contributed by atoms with E-state index in [9.17, 15) is 14.4 Å². The topological polar surface area (TPSA) is 78.9 Å². The van der Waals surface area contributed by atoms with Crippen LogP contribution in [0.5, 0.6) is 11.5 Å². The Bertz CT molecular complexity index is 791. The van der Waals surface area contributed by atoms with Gasteiger partial charge in [0.25, 0.3) is 0 Å². The highest BCUT2D eigenvalue weighted by Gasteiger charge is 2.33. The number of hydrogen-bond donors (Lipinski definition) is 0. The molecule has 152 valence electrons. The van der Waals surface area contributed by atoms with E-state index in [1.54, 1.807) is 6.07 Å². The van der Waals surface area contributed by atoms with Crippen LogP contribution in [0, 0.1) is 5.92 Å². The fourth-order valence-corrected chi connectivity index (χ4v) is 3.26. The van der Waals surface area contributed by atoms with Crippen LogP contribution in [0.1, 0.15) is 78.8 Å². The van der Waals surface area contributed by atoms with E-state index in [2.05, 4.69) is 13.8 Å². The van der Waals surface area contributed by atoms with Gasteiger partial charge >= 0.3 is 5.97 Å². The normalized spacial score (nSPS) is 14.1. The summed E-state index contributed by atoms with van der Waals surface area (Å²) in [4.78, 5) is 37.1. The Balaban J connectivity index is 2.62. The Morgan fingerprint density at radius 2 is 1.64 bits per heavy atom. The Hall–Kier alpha value is -2.63. The van der Waals surface area contributed by atoms with E-state index in [1.807, 2.05) is 6.92 Å². The average Bonchev–Trinajstić information content (AvgIpc) is 2.66. The van der Waals surface area contributed by atoms with Crippen molar-refractivity contribution >= 4 is 17.5 Å². The van der Waals surface area contributed by atoms with Gasteiger partial charge in [-0.15, -0.1) is 0 Å². The molecule has 0 radical (unpaired) electrons. The molecule has 1 atom stereocenters. The van der Waals surface area contributed by atoms with E-state index in [4.69, 9.17) is 14.2 Å². The molecule has 1 aliphatic rings. The van der Waals surface area contributed by atoms with Crippen LogP contribution in [0.2, 0.25) is 0 Å². The van der Waals surface area contributed by atoms with E-state index in [0.29, 0.717) is 30.7 Å². The van der Waals surface area contributed by atoms with Gasteiger partial charge in [0.15, 0.2) is 11.6 Å². The minimum absolute atomic E-state index is 0.158. The van der Waals surface area contributed by atoms with Crippen LogP contribution in [-0.2, 0) is 9.53 Å². The molecule has 1 aromatic rings. The van der Waals surface area contributed by atoms with E-state index in [0.717, 1.165) is 6.42 Å². The van der Waals surface area contributed by atoms with Gasteiger partial charge in [0.2, 0.25) is 0 Å². The van der Waals surface area contributed by atoms with Crippen molar-refractivity contribution in [3.63, 3.8) is 0 Å². The third kappa shape index (κ3) is 4.61. The summed E-state index contributed by atoms with van der Waals surface area (Å²) >= 11 is 0. The zero-order valence-electron chi connectivity index (χ0n) is 17.2. The lowest BCUT2D eigenvalue weighted by molar-refractivity contribution is -0.150. The molecule has 0 aliphatic heterocycles. The summed E-state index contributed by atoms with van der Waals surface area (Å²) in [6.45, 7) is 6.08. The Kier molecular flexibility index (Phi) is 7.38.